The molecule has 1 saturated carbocycles. The topological polar surface area (TPSA) is 82.2 Å². The molecular weight excluding hydrogens is 268 g/mol. The highest BCUT2D eigenvalue weighted by molar-refractivity contribution is 5.94. The molecule has 1 aromatic rings. The van der Waals surface area contributed by atoms with Crippen molar-refractivity contribution in [2.24, 2.45) is 11.7 Å². The molecule has 3 rings (SSSR count). The maximum absolute atomic E-state index is 12.3. The second kappa shape index (κ2) is 6.15. The molecule has 0 bridgehead atoms. The Morgan fingerprint density at radius 1 is 1.48 bits per heavy atom. The number of aryl methyl sites for hydroxylation is 1. The molecule has 1 amide bonds. The normalized spacial score (nSPS) is 21.2. The average molecular weight is 292 g/mol. The first-order chi connectivity index (χ1) is 10.2. The molecule has 1 saturated heterocycles. The number of carbonyl (C=O) groups excluding carboxylic acids is 1. The van der Waals surface area contributed by atoms with E-state index in [1.165, 1.54) is 18.5 Å². The molecule has 116 valence electrons. The van der Waals surface area contributed by atoms with E-state index < -0.39 is 6.04 Å². The molecule has 1 atom stereocenters. The Morgan fingerprint density at radius 3 is 2.81 bits per heavy atom. The third-order valence-corrected chi connectivity index (χ3v) is 4.43. The maximum Gasteiger partial charge on any atom is 0.242 e. The number of hydrogen-bond acceptors (Lipinski definition) is 4. The highest BCUT2D eigenvalue weighted by Crippen LogP contribution is 2.40. The number of anilines is 1. The zero-order valence-electron chi connectivity index (χ0n) is 12.5. The lowest BCUT2D eigenvalue weighted by Crippen LogP contribution is -2.44. The van der Waals surface area contributed by atoms with Crippen molar-refractivity contribution < 1.29 is 9.53 Å². The Morgan fingerprint density at radius 2 is 2.19 bits per heavy atom. The molecule has 1 aliphatic heterocycles. The van der Waals surface area contributed by atoms with Gasteiger partial charge in [0.15, 0.2) is 5.82 Å². The second-order valence-electron chi connectivity index (χ2n) is 6.01. The fourth-order valence-corrected chi connectivity index (χ4v) is 2.95. The van der Waals surface area contributed by atoms with Crippen molar-refractivity contribution in [3.63, 3.8) is 0 Å². The number of nitrogens with two attached hydrogens (primary N) is 1. The molecule has 6 heteroatoms. The van der Waals surface area contributed by atoms with Gasteiger partial charge in [0.25, 0.3) is 0 Å². The number of nitrogens with zero attached hydrogens (tertiary/aromatic N) is 2. The van der Waals surface area contributed by atoms with Crippen LogP contribution in [0, 0.1) is 5.92 Å². The van der Waals surface area contributed by atoms with E-state index in [1.54, 1.807) is 0 Å². The number of nitrogens with one attached hydrogen (secondary N) is 1. The summed E-state index contributed by atoms with van der Waals surface area (Å²) < 4.78 is 7.29. The van der Waals surface area contributed by atoms with Crippen molar-refractivity contribution in [1.82, 2.24) is 9.78 Å². The Hall–Kier alpha value is -1.40. The number of hydrogen-bond donors (Lipinski definition) is 2. The summed E-state index contributed by atoms with van der Waals surface area (Å²) in [6, 6.07) is 1.51. The van der Waals surface area contributed by atoms with E-state index in [0.717, 1.165) is 19.4 Å². The summed E-state index contributed by atoms with van der Waals surface area (Å²) in [6.07, 6.45) is 4.15. The summed E-state index contributed by atoms with van der Waals surface area (Å²) in [5.74, 6) is 1.32. The van der Waals surface area contributed by atoms with Gasteiger partial charge in [0.1, 0.15) is 0 Å². The molecule has 2 fully saturated rings. The summed E-state index contributed by atoms with van der Waals surface area (Å²) in [6.45, 7) is 4.29. The molecule has 2 aliphatic rings. The second-order valence-corrected chi connectivity index (χ2v) is 6.01. The average Bonchev–Trinajstić information content (AvgIpc) is 3.28. The van der Waals surface area contributed by atoms with Gasteiger partial charge in [0.2, 0.25) is 5.91 Å². The van der Waals surface area contributed by atoms with Gasteiger partial charge in [-0.15, -0.1) is 0 Å². The van der Waals surface area contributed by atoms with Gasteiger partial charge in [-0.1, -0.05) is 0 Å². The summed E-state index contributed by atoms with van der Waals surface area (Å²) in [5.41, 5.74) is 7.32. The fourth-order valence-electron chi connectivity index (χ4n) is 2.95. The van der Waals surface area contributed by atoms with Crippen LogP contribution in [0.1, 0.15) is 44.2 Å². The van der Waals surface area contributed by atoms with Gasteiger partial charge in [-0.25, -0.2) is 0 Å². The lowest BCUT2D eigenvalue weighted by atomic mass is 9.92. The van der Waals surface area contributed by atoms with Crippen LogP contribution in [0.15, 0.2) is 6.07 Å². The molecule has 1 aromatic heterocycles. The summed E-state index contributed by atoms with van der Waals surface area (Å²) >= 11 is 0. The van der Waals surface area contributed by atoms with Crippen LogP contribution in [0.2, 0.25) is 0 Å². The van der Waals surface area contributed by atoms with Gasteiger partial charge in [-0.3, -0.25) is 9.48 Å². The third kappa shape index (κ3) is 3.27. The Balaban J connectivity index is 1.63. The van der Waals surface area contributed by atoms with Gasteiger partial charge >= 0.3 is 0 Å². The van der Waals surface area contributed by atoms with Crippen molar-refractivity contribution in [3.05, 3.63) is 11.8 Å². The first kappa shape index (κ1) is 14.5. The number of carbonyl (C=O) groups is 1. The lowest BCUT2D eigenvalue weighted by molar-refractivity contribution is -0.119. The largest absolute Gasteiger partial charge is 0.381 e. The van der Waals surface area contributed by atoms with Crippen LogP contribution in [0.3, 0.4) is 0 Å². The first-order valence-electron chi connectivity index (χ1n) is 7.91. The number of amides is 1. The van der Waals surface area contributed by atoms with Crippen molar-refractivity contribution in [3.8, 4) is 0 Å². The number of rotatable bonds is 5. The van der Waals surface area contributed by atoms with Gasteiger partial charge in [0, 0.05) is 37.4 Å². The minimum absolute atomic E-state index is 0.134. The molecule has 6 nitrogen and oxygen atoms in total. The minimum atomic E-state index is -0.481. The van der Waals surface area contributed by atoms with Gasteiger partial charge in [-0.05, 0) is 38.5 Å². The van der Waals surface area contributed by atoms with Crippen molar-refractivity contribution in [2.45, 2.75) is 51.1 Å². The quantitative estimate of drug-likeness (QED) is 0.861. The molecule has 1 aliphatic carbocycles. The van der Waals surface area contributed by atoms with Gasteiger partial charge in [0.05, 0.1) is 6.04 Å². The highest BCUT2D eigenvalue weighted by atomic mass is 16.5. The molecule has 0 spiro atoms. The van der Waals surface area contributed by atoms with E-state index in [2.05, 4.69) is 17.3 Å². The van der Waals surface area contributed by atoms with E-state index in [1.807, 2.05) is 10.7 Å². The molecule has 21 heavy (non-hydrogen) atoms. The summed E-state index contributed by atoms with van der Waals surface area (Å²) in [5, 5.41) is 7.34. The zero-order valence-corrected chi connectivity index (χ0v) is 12.5. The standard InChI is InChI=1S/C15H24N4O2/c1-2-19-12(10-3-4-10)9-13(18-19)17-15(20)14(16)11-5-7-21-8-6-11/h9-11,14H,2-8,16H2,1H3,(H,17,18,20). The van der Waals surface area contributed by atoms with Crippen molar-refractivity contribution in [2.75, 3.05) is 18.5 Å². The monoisotopic (exact) mass is 292 g/mol. The van der Waals surface area contributed by atoms with Crippen LogP contribution in [0.5, 0.6) is 0 Å². The maximum atomic E-state index is 12.3. The number of ether oxygens (including phenoxy) is 1. The molecule has 2 heterocycles. The van der Waals surface area contributed by atoms with Gasteiger partial charge in [-0.2, -0.15) is 5.10 Å². The van der Waals surface area contributed by atoms with E-state index in [4.69, 9.17) is 10.5 Å². The Kier molecular flexibility index (Phi) is 4.26. The molecule has 0 aromatic carbocycles. The molecule has 3 N–H and O–H groups in total. The zero-order chi connectivity index (χ0) is 14.8. The van der Waals surface area contributed by atoms with Crippen molar-refractivity contribution >= 4 is 11.7 Å². The van der Waals surface area contributed by atoms with Crippen LogP contribution in [-0.2, 0) is 16.1 Å². The van der Waals surface area contributed by atoms with Gasteiger partial charge < -0.3 is 15.8 Å². The Labute approximate surface area is 125 Å². The predicted molar refractivity (Wildman–Crippen MR) is 80.0 cm³/mol. The van der Waals surface area contributed by atoms with Crippen LogP contribution in [0.25, 0.3) is 0 Å². The fraction of sp³-hybridized carbons (Fsp3) is 0.733. The summed E-state index contributed by atoms with van der Waals surface area (Å²) in [4.78, 5) is 12.3. The van der Waals surface area contributed by atoms with E-state index >= 15 is 0 Å². The van der Waals surface area contributed by atoms with Crippen LogP contribution >= 0.6 is 0 Å². The van der Waals surface area contributed by atoms with E-state index in [-0.39, 0.29) is 11.8 Å². The van der Waals surface area contributed by atoms with Crippen LogP contribution in [-0.4, -0.2) is 34.9 Å². The SMILES string of the molecule is CCn1nc(NC(=O)C(N)C2CCOCC2)cc1C1CC1. The van der Waals surface area contributed by atoms with Crippen LogP contribution < -0.4 is 11.1 Å². The van der Waals surface area contributed by atoms with E-state index in [0.29, 0.717) is 24.9 Å². The molecule has 1 unspecified atom stereocenters. The molecule has 0 radical (unpaired) electrons. The smallest absolute Gasteiger partial charge is 0.242 e. The Bertz CT molecular complexity index is 504. The lowest BCUT2D eigenvalue weighted by Gasteiger charge is -2.26. The first-order valence-corrected chi connectivity index (χ1v) is 7.91. The van der Waals surface area contributed by atoms with Crippen molar-refractivity contribution in [1.29, 1.82) is 0 Å². The number of aromatic nitrogens is 2. The predicted octanol–water partition coefficient (Wildman–Crippen LogP) is 1.47. The minimum Gasteiger partial charge on any atom is -0.381 e. The molecular formula is C15H24N4O2. The third-order valence-electron chi connectivity index (χ3n) is 4.43. The summed E-state index contributed by atoms with van der Waals surface area (Å²) in [7, 11) is 0. The highest BCUT2D eigenvalue weighted by Gasteiger charge is 2.30. The van der Waals surface area contributed by atoms with E-state index in [9.17, 15) is 4.79 Å². The van der Waals surface area contributed by atoms with Crippen LogP contribution in [0.4, 0.5) is 5.82 Å².